The van der Waals surface area contributed by atoms with Crippen molar-refractivity contribution in [1.29, 1.82) is 0 Å². The van der Waals surface area contributed by atoms with E-state index in [1.54, 1.807) is 23.5 Å². The molecule has 0 aliphatic carbocycles. The molecule has 3 rings (SSSR count). The number of aryl methyl sites for hydroxylation is 1. The molecular weight excluding hydrogens is 388 g/mol. The van der Waals surface area contributed by atoms with Gasteiger partial charge >= 0.3 is 0 Å². The van der Waals surface area contributed by atoms with E-state index in [0.29, 0.717) is 11.4 Å². The lowest BCUT2D eigenvalue weighted by molar-refractivity contribution is -0.113. The predicted octanol–water partition coefficient (Wildman–Crippen LogP) is 3.88. The molecule has 0 atom stereocenters. The Morgan fingerprint density at radius 3 is 2.73 bits per heavy atom. The molecule has 8 heteroatoms. The highest BCUT2D eigenvalue weighted by atomic mass is 32.2. The second kappa shape index (κ2) is 7.77. The highest BCUT2D eigenvalue weighted by Gasteiger charge is 2.12. The van der Waals surface area contributed by atoms with Crippen LogP contribution in [0.25, 0.3) is 10.2 Å². The molecule has 0 spiro atoms. The molecule has 1 aromatic heterocycles. The number of thioether (sulfide) groups is 1. The van der Waals surface area contributed by atoms with Crippen LogP contribution in [0.4, 0.5) is 5.69 Å². The number of benzene rings is 2. The van der Waals surface area contributed by atoms with E-state index >= 15 is 0 Å². The Kier molecular flexibility index (Phi) is 5.64. The van der Waals surface area contributed by atoms with Gasteiger partial charge in [-0.3, -0.25) is 4.79 Å². The number of sulfone groups is 1. The van der Waals surface area contributed by atoms with E-state index in [1.807, 2.05) is 31.2 Å². The van der Waals surface area contributed by atoms with Gasteiger partial charge in [-0.05, 0) is 36.8 Å². The lowest BCUT2D eigenvalue weighted by Crippen LogP contribution is -2.15. The molecule has 0 bridgehead atoms. The third-order valence-corrected chi connectivity index (χ3v) is 6.98. The van der Waals surface area contributed by atoms with Gasteiger partial charge in [0, 0.05) is 17.7 Å². The number of fused-ring (bicyclic) bond motifs is 1. The largest absolute Gasteiger partial charge is 0.325 e. The van der Waals surface area contributed by atoms with Crippen LogP contribution < -0.4 is 5.32 Å². The molecule has 0 saturated heterocycles. The van der Waals surface area contributed by atoms with Crippen molar-refractivity contribution in [2.24, 2.45) is 0 Å². The van der Waals surface area contributed by atoms with E-state index in [9.17, 15) is 13.2 Å². The van der Waals surface area contributed by atoms with E-state index in [0.717, 1.165) is 27.0 Å². The molecule has 1 heterocycles. The van der Waals surface area contributed by atoms with Crippen molar-refractivity contribution in [3.63, 3.8) is 0 Å². The van der Waals surface area contributed by atoms with Crippen LogP contribution in [0, 0.1) is 6.92 Å². The fourth-order valence-electron chi connectivity index (χ4n) is 2.37. The SMILES string of the molecule is Cc1ccc(S(C)(=O)=O)cc1NC(=O)CSCc1nc2ccccc2s1. The van der Waals surface area contributed by atoms with Crippen LogP contribution in [0.15, 0.2) is 47.4 Å². The molecule has 3 aromatic rings. The van der Waals surface area contributed by atoms with Gasteiger partial charge in [0.25, 0.3) is 0 Å². The zero-order valence-corrected chi connectivity index (χ0v) is 16.8. The first-order valence-corrected chi connectivity index (χ1v) is 11.7. The van der Waals surface area contributed by atoms with Gasteiger partial charge in [0.2, 0.25) is 5.91 Å². The normalized spacial score (nSPS) is 11.6. The minimum absolute atomic E-state index is 0.162. The number of carbonyl (C=O) groups excluding carboxylic acids is 1. The number of aromatic nitrogens is 1. The van der Waals surface area contributed by atoms with E-state index in [4.69, 9.17) is 0 Å². The third kappa shape index (κ3) is 4.63. The third-order valence-electron chi connectivity index (χ3n) is 3.71. The lowest BCUT2D eigenvalue weighted by atomic mass is 10.2. The van der Waals surface area contributed by atoms with Crippen LogP contribution in [0.2, 0.25) is 0 Å². The highest BCUT2D eigenvalue weighted by Crippen LogP contribution is 2.25. The van der Waals surface area contributed by atoms with Crippen LogP contribution in [0.1, 0.15) is 10.6 Å². The number of hydrogen-bond donors (Lipinski definition) is 1. The summed E-state index contributed by atoms with van der Waals surface area (Å²) in [6.07, 6.45) is 1.15. The average Bonchev–Trinajstić information content (AvgIpc) is 2.98. The summed E-state index contributed by atoms with van der Waals surface area (Å²) in [4.78, 5) is 16.9. The number of rotatable bonds is 6. The van der Waals surface area contributed by atoms with Gasteiger partial charge in [-0.15, -0.1) is 23.1 Å². The number of hydrogen-bond acceptors (Lipinski definition) is 6. The zero-order valence-electron chi connectivity index (χ0n) is 14.4. The van der Waals surface area contributed by atoms with Gasteiger partial charge in [0.15, 0.2) is 9.84 Å². The summed E-state index contributed by atoms with van der Waals surface area (Å²) in [6.45, 7) is 1.83. The average molecular weight is 407 g/mol. The molecule has 0 saturated carbocycles. The van der Waals surface area contributed by atoms with E-state index in [-0.39, 0.29) is 16.6 Å². The van der Waals surface area contributed by atoms with E-state index in [1.165, 1.54) is 17.8 Å². The Morgan fingerprint density at radius 1 is 1.23 bits per heavy atom. The second-order valence-corrected chi connectivity index (χ2v) is 9.98. The quantitative estimate of drug-likeness (QED) is 0.672. The Bertz CT molecular complexity index is 1030. The van der Waals surface area contributed by atoms with Crippen molar-refractivity contribution < 1.29 is 13.2 Å². The summed E-state index contributed by atoms with van der Waals surface area (Å²) < 4.78 is 24.5. The fourth-order valence-corrected chi connectivity index (χ4v) is 4.86. The Labute approximate surface area is 160 Å². The minimum atomic E-state index is -3.31. The Morgan fingerprint density at radius 2 is 2.00 bits per heavy atom. The van der Waals surface area contributed by atoms with Gasteiger partial charge in [-0.1, -0.05) is 18.2 Å². The first-order chi connectivity index (χ1) is 12.3. The van der Waals surface area contributed by atoms with Gasteiger partial charge in [0.05, 0.1) is 20.9 Å². The van der Waals surface area contributed by atoms with Crippen LogP contribution in [0.3, 0.4) is 0 Å². The summed E-state index contributed by atoms with van der Waals surface area (Å²) in [5, 5.41) is 3.78. The number of thiazole rings is 1. The molecule has 5 nitrogen and oxygen atoms in total. The summed E-state index contributed by atoms with van der Waals surface area (Å²) in [6, 6.07) is 12.7. The zero-order chi connectivity index (χ0) is 18.7. The minimum Gasteiger partial charge on any atom is -0.325 e. The van der Waals surface area contributed by atoms with Crippen LogP contribution >= 0.6 is 23.1 Å². The van der Waals surface area contributed by atoms with Crippen molar-refractivity contribution in [1.82, 2.24) is 4.98 Å². The van der Waals surface area contributed by atoms with Crippen molar-refractivity contribution in [2.45, 2.75) is 17.6 Å². The standard InChI is InChI=1S/C18H18N2O3S3/c1-12-7-8-13(26(2,22)23)9-15(12)19-17(21)10-24-11-18-20-14-5-3-4-6-16(14)25-18/h3-9H,10-11H2,1-2H3,(H,19,21). The molecule has 0 fully saturated rings. The molecule has 136 valence electrons. The summed E-state index contributed by atoms with van der Waals surface area (Å²) >= 11 is 3.11. The number of amides is 1. The maximum atomic E-state index is 12.2. The monoisotopic (exact) mass is 406 g/mol. The van der Waals surface area contributed by atoms with Gasteiger partial charge in [0.1, 0.15) is 5.01 Å². The van der Waals surface area contributed by atoms with E-state index < -0.39 is 9.84 Å². The van der Waals surface area contributed by atoms with Gasteiger partial charge in [-0.25, -0.2) is 13.4 Å². The maximum absolute atomic E-state index is 12.2. The first kappa shape index (κ1) is 18.9. The number of para-hydroxylation sites is 1. The lowest BCUT2D eigenvalue weighted by Gasteiger charge is -2.10. The topological polar surface area (TPSA) is 76.1 Å². The first-order valence-electron chi connectivity index (χ1n) is 7.86. The molecule has 26 heavy (non-hydrogen) atoms. The Hall–Kier alpha value is -1.90. The number of nitrogens with one attached hydrogen (secondary N) is 1. The molecule has 2 aromatic carbocycles. The summed E-state index contributed by atoms with van der Waals surface area (Å²) in [7, 11) is -3.31. The van der Waals surface area contributed by atoms with Crippen molar-refractivity contribution in [3.05, 3.63) is 53.0 Å². The van der Waals surface area contributed by atoms with E-state index in [2.05, 4.69) is 10.3 Å². The van der Waals surface area contributed by atoms with Gasteiger partial charge < -0.3 is 5.32 Å². The molecule has 1 N–H and O–H groups in total. The van der Waals surface area contributed by atoms with Crippen molar-refractivity contribution >= 4 is 54.7 Å². The highest BCUT2D eigenvalue weighted by molar-refractivity contribution is 7.99. The Balaban J connectivity index is 1.59. The summed E-state index contributed by atoms with van der Waals surface area (Å²) in [5.74, 6) is 0.776. The van der Waals surface area contributed by atoms with Crippen molar-refractivity contribution in [2.75, 3.05) is 17.3 Å². The number of anilines is 1. The molecule has 0 aliphatic heterocycles. The smallest absolute Gasteiger partial charge is 0.234 e. The van der Waals surface area contributed by atoms with Crippen LogP contribution in [-0.4, -0.2) is 31.3 Å². The predicted molar refractivity (Wildman–Crippen MR) is 109 cm³/mol. The van der Waals surface area contributed by atoms with Crippen LogP contribution in [0.5, 0.6) is 0 Å². The van der Waals surface area contributed by atoms with Crippen LogP contribution in [-0.2, 0) is 20.4 Å². The summed E-state index contributed by atoms with van der Waals surface area (Å²) in [5.41, 5.74) is 2.33. The molecular formula is C18H18N2O3S3. The number of carbonyl (C=O) groups is 1. The molecule has 1 amide bonds. The molecule has 0 aliphatic rings. The van der Waals surface area contributed by atoms with Gasteiger partial charge in [-0.2, -0.15) is 0 Å². The van der Waals surface area contributed by atoms with Crippen molar-refractivity contribution in [3.8, 4) is 0 Å². The number of nitrogens with zero attached hydrogens (tertiary/aromatic N) is 1. The maximum Gasteiger partial charge on any atom is 0.234 e. The molecule has 0 radical (unpaired) electrons. The molecule has 0 unspecified atom stereocenters. The fraction of sp³-hybridized carbons (Fsp3) is 0.222. The second-order valence-electron chi connectivity index (χ2n) is 5.87.